The average molecular weight is 313 g/mol. The largest absolute Gasteiger partial charge is 0.416 e. The predicted molar refractivity (Wildman–Crippen MR) is 84.0 cm³/mol. The Morgan fingerprint density at radius 1 is 1.23 bits per heavy atom. The van der Waals surface area contributed by atoms with Crippen molar-refractivity contribution in [2.75, 3.05) is 20.1 Å². The summed E-state index contributed by atoms with van der Waals surface area (Å²) in [6, 6.07) is 5.42. The van der Waals surface area contributed by atoms with Crippen molar-refractivity contribution < 1.29 is 13.2 Å². The molecule has 1 aromatic carbocycles. The van der Waals surface area contributed by atoms with Gasteiger partial charge in [0.2, 0.25) is 0 Å². The number of alkyl halides is 3. The Hall–Kier alpha value is -1.98. The molecule has 0 radical (unpaired) electrons. The monoisotopic (exact) mass is 313 g/mol. The van der Waals surface area contributed by atoms with E-state index in [9.17, 15) is 13.2 Å². The van der Waals surface area contributed by atoms with Gasteiger partial charge >= 0.3 is 6.18 Å². The number of aliphatic imine (C=N–C) groups is 1. The standard InChI is InChI=1S/C16H22F3N3/c1-5-9-21-14(20-4)22-11-15(2,3)12-7-6-8-13(10-12)16(17,18)19/h5-8,10H,1,9,11H2,2-4H3,(H2,20,21,22). The molecule has 0 bridgehead atoms. The smallest absolute Gasteiger partial charge is 0.356 e. The minimum Gasteiger partial charge on any atom is -0.356 e. The van der Waals surface area contributed by atoms with Crippen LogP contribution >= 0.6 is 0 Å². The first-order valence-corrected chi connectivity index (χ1v) is 6.94. The molecule has 0 unspecified atom stereocenters. The minimum absolute atomic E-state index is 0.450. The molecule has 0 aliphatic rings. The Morgan fingerprint density at radius 2 is 1.86 bits per heavy atom. The summed E-state index contributed by atoms with van der Waals surface area (Å²) in [7, 11) is 1.63. The Balaban J connectivity index is 2.84. The zero-order valence-corrected chi connectivity index (χ0v) is 13.1. The van der Waals surface area contributed by atoms with Crippen molar-refractivity contribution in [3.05, 3.63) is 48.0 Å². The van der Waals surface area contributed by atoms with E-state index in [0.29, 0.717) is 24.6 Å². The van der Waals surface area contributed by atoms with E-state index < -0.39 is 17.2 Å². The number of halogens is 3. The summed E-state index contributed by atoms with van der Waals surface area (Å²) in [5.74, 6) is 0.583. The van der Waals surface area contributed by atoms with Crippen LogP contribution < -0.4 is 10.6 Å². The lowest BCUT2D eigenvalue weighted by atomic mass is 9.84. The minimum atomic E-state index is -4.33. The lowest BCUT2D eigenvalue weighted by molar-refractivity contribution is -0.137. The highest BCUT2D eigenvalue weighted by Crippen LogP contribution is 2.32. The van der Waals surface area contributed by atoms with Gasteiger partial charge in [0.25, 0.3) is 0 Å². The van der Waals surface area contributed by atoms with Crippen LogP contribution in [-0.2, 0) is 11.6 Å². The summed E-state index contributed by atoms with van der Waals surface area (Å²) in [5, 5.41) is 6.13. The second kappa shape index (κ2) is 7.33. The molecule has 1 aromatic rings. The van der Waals surface area contributed by atoms with E-state index in [0.717, 1.165) is 6.07 Å². The average Bonchev–Trinajstić information content (AvgIpc) is 2.47. The van der Waals surface area contributed by atoms with Crippen LogP contribution in [0.2, 0.25) is 0 Å². The summed E-state index contributed by atoms with van der Waals surface area (Å²) < 4.78 is 38.4. The molecule has 0 amide bonds. The fraction of sp³-hybridized carbons (Fsp3) is 0.438. The van der Waals surface area contributed by atoms with E-state index in [1.54, 1.807) is 19.2 Å². The van der Waals surface area contributed by atoms with Crippen LogP contribution in [0.5, 0.6) is 0 Å². The molecule has 3 nitrogen and oxygen atoms in total. The van der Waals surface area contributed by atoms with Crippen LogP contribution in [0.1, 0.15) is 25.0 Å². The molecule has 0 heterocycles. The number of hydrogen-bond acceptors (Lipinski definition) is 1. The third kappa shape index (κ3) is 5.09. The molecule has 0 spiro atoms. The lowest BCUT2D eigenvalue weighted by Crippen LogP contribution is -2.43. The molecule has 0 saturated carbocycles. The lowest BCUT2D eigenvalue weighted by Gasteiger charge is -2.27. The van der Waals surface area contributed by atoms with Gasteiger partial charge in [-0.15, -0.1) is 6.58 Å². The summed E-state index contributed by atoms with van der Waals surface area (Å²) in [6.45, 7) is 8.38. The summed E-state index contributed by atoms with van der Waals surface area (Å²) in [6.07, 6.45) is -2.63. The third-order valence-electron chi connectivity index (χ3n) is 3.31. The fourth-order valence-electron chi connectivity index (χ4n) is 1.91. The number of nitrogens with zero attached hydrogens (tertiary/aromatic N) is 1. The third-order valence-corrected chi connectivity index (χ3v) is 3.31. The quantitative estimate of drug-likeness (QED) is 0.497. The number of benzene rings is 1. The van der Waals surface area contributed by atoms with Crippen LogP contribution in [0.15, 0.2) is 41.9 Å². The molecular formula is C16H22F3N3. The van der Waals surface area contributed by atoms with Gasteiger partial charge in [-0.05, 0) is 11.6 Å². The SMILES string of the molecule is C=CCNC(=NC)NCC(C)(C)c1cccc(C(F)(F)F)c1. The Morgan fingerprint density at radius 3 is 2.41 bits per heavy atom. The maximum absolute atomic E-state index is 12.8. The van der Waals surface area contributed by atoms with Crippen LogP contribution in [0.4, 0.5) is 13.2 Å². The molecule has 0 aliphatic heterocycles. The molecule has 122 valence electrons. The van der Waals surface area contributed by atoms with E-state index in [-0.39, 0.29) is 0 Å². The van der Waals surface area contributed by atoms with E-state index in [2.05, 4.69) is 22.2 Å². The van der Waals surface area contributed by atoms with E-state index in [1.165, 1.54) is 12.1 Å². The highest BCUT2D eigenvalue weighted by molar-refractivity contribution is 5.79. The summed E-state index contributed by atoms with van der Waals surface area (Å²) >= 11 is 0. The highest BCUT2D eigenvalue weighted by Gasteiger charge is 2.32. The highest BCUT2D eigenvalue weighted by atomic mass is 19.4. The second-order valence-corrected chi connectivity index (χ2v) is 5.56. The molecule has 22 heavy (non-hydrogen) atoms. The fourth-order valence-corrected chi connectivity index (χ4v) is 1.91. The number of hydrogen-bond donors (Lipinski definition) is 2. The first-order chi connectivity index (χ1) is 10.2. The number of rotatable bonds is 5. The van der Waals surface area contributed by atoms with Gasteiger partial charge in [-0.25, -0.2) is 0 Å². The van der Waals surface area contributed by atoms with Crippen molar-refractivity contribution in [1.29, 1.82) is 0 Å². The van der Waals surface area contributed by atoms with Gasteiger partial charge in [0, 0.05) is 25.6 Å². The molecule has 0 aromatic heterocycles. The first-order valence-electron chi connectivity index (χ1n) is 6.94. The van der Waals surface area contributed by atoms with Crippen molar-refractivity contribution in [3.63, 3.8) is 0 Å². The van der Waals surface area contributed by atoms with Crippen LogP contribution in [-0.4, -0.2) is 26.1 Å². The van der Waals surface area contributed by atoms with Gasteiger partial charge in [0.15, 0.2) is 5.96 Å². The Labute approximate surface area is 129 Å². The van der Waals surface area contributed by atoms with Crippen LogP contribution in [0.3, 0.4) is 0 Å². The molecule has 6 heteroatoms. The number of guanidine groups is 1. The van der Waals surface area contributed by atoms with Crippen molar-refractivity contribution in [2.45, 2.75) is 25.4 Å². The zero-order chi connectivity index (χ0) is 16.8. The number of nitrogens with one attached hydrogen (secondary N) is 2. The molecule has 0 atom stereocenters. The van der Waals surface area contributed by atoms with Gasteiger partial charge in [-0.2, -0.15) is 13.2 Å². The van der Waals surface area contributed by atoms with Crippen molar-refractivity contribution in [1.82, 2.24) is 10.6 Å². The zero-order valence-electron chi connectivity index (χ0n) is 13.1. The molecule has 2 N–H and O–H groups in total. The van der Waals surface area contributed by atoms with Crippen LogP contribution in [0, 0.1) is 0 Å². The van der Waals surface area contributed by atoms with Gasteiger partial charge in [-0.1, -0.05) is 38.1 Å². The van der Waals surface area contributed by atoms with Gasteiger partial charge in [0.1, 0.15) is 0 Å². The van der Waals surface area contributed by atoms with Crippen molar-refractivity contribution in [3.8, 4) is 0 Å². The summed E-state index contributed by atoms with van der Waals surface area (Å²) in [5.41, 5.74) is -0.492. The summed E-state index contributed by atoms with van der Waals surface area (Å²) in [4.78, 5) is 4.05. The normalized spacial score (nSPS) is 12.9. The van der Waals surface area contributed by atoms with Crippen LogP contribution in [0.25, 0.3) is 0 Å². The van der Waals surface area contributed by atoms with E-state index in [1.807, 2.05) is 13.8 Å². The predicted octanol–water partition coefficient (Wildman–Crippen LogP) is 3.33. The van der Waals surface area contributed by atoms with Crippen molar-refractivity contribution >= 4 is 5.96 Å². The maximum atomic E-state index is 12.8. The van der Waals surface area contributed by atoms with E-state index >= 15 is 0 Å². The molecule has 0 saturated heterocycles. The second-order valence-electron chi connectivity index (χ2n) is 5.56. The Kier molecular flexibility index (Phi) is 6.02. The van der Waals surface area contributed by atoms with Gasteiger partial charge in [-0.3, -0.25) is 4.99 Å². The topological polar surface area (TPSA) is 36.4 Å². The maximum Gasteiger partial charge on any atom is 0.416 e. The first kappa shape index (κ1) is 18.1. The molecular weight excluding hydrogens is 291 g/mol. The molecule has 0 aliphatic carbocycles. The van der Waals surface area contributed by atoms with Gasteiger partial charge < -0.3 is 10.6 Å². The van der Waals surface area contributed by atoms with E-state index in [4.69, 9.17) is 0 Å². The van der Waals surface area contributed by atoms with Crippen molar-refractivity contribution in [2.24, 2.45) is 4.99 Å². The Bertz CT molecular complexity index is 534. The molecule has 1 rings (SSSR count). The van der Waals surface area contributed by atoms with Gasteiger partial charge in [0.05, 0.1) is 5.56 Å². The molecule has 0 fully saturated rings.